The Morgan fingerprint density at radius 2 is 1.87 bits per heavy atom. The van der Waals surface area contributed by atoms with Crippen molar-refractivity contribution in [3.05, 3.63) is 40.9 Å². The molecule has 1 aliphatic carbocycles. The highest BCUT2D eigenvalue weighted by molar-refractivity contribution is 7.18. The highest BCUT2D eigenvalue weighted by atomic mass is 32.1. The summed E-state index contributed by atoms with van der Waals surface area (Å²) in [5, 5.41) is 9.90. The van der Waals surface area contributed by atoms with Crippen molar-refractivity contribution in [3.8, 4) is 0 Å². The number of benzene rings is 1. The van der Waals surface area contributed by atoms with Crippen LogP contribution in [-0.2, 0) is 20.8 Å². The van der Waals surface area contributed by atoms with Crippen LogP contribution in [0.25, 0.3) is 10.2 Å². The molecule has 39 heavy (non-hydrogen) atoms. The Morgan fingerprint density at radius 3 is 2.54 bits per heavy atom. The third-order valence-corrected chi connectivity index (χ3v) is 8.30. The zero-order valence-electron chi connectivity index (χ0n) is 24.1. The first kappa shape index (κ1) is 30.8. The summed E-state index contributed by atoms with van der Waals surface area (Å²) in [6.07, 6.45) is 9.44. The fourth-order valence-electron chi connectivity index (χ4n) is 4.91. The number of hydrogen-bond acceptors (Lipinski definition) is 6. The third kappa shape index (κ3) is 9.72. The van der Waals surface area contributed by atoms with Gasteiger partial charge in [0, 0.05) is 38.0 Å². The normalized spacial score (nSPS) is 16.1. The smallest absolute Gasteiger partial charge is 0.243 e. The molecule has 0 aliphatic heterocycles. The number of amides is 3. The zero-order chi connectivity index (χ0) is 28.4. The summed E-state index contributed by atoms with van der Waals surface area (Å²) in [7, 11) is 3.89. The fourth-order valence-corrected chi connectivity index (χ4v) is 5.97. The topological polar surface area (TPSA) is 103 Å². The zero-order valence-corrected chi connectivity index (χ0v) is 24.9. The van der Waals surface area contributed by atoms with Crippen LogP contribution in [0, 0.1) is 5.92 Å². The highest BCUT2D eigenvalue weighted by Gasteiger charge is 2.29. The quantitative estimate of drug-likeness (QED) is 0.322. The molecule has 0 radical (unpaired) electrons. The van der Waals surface area contributed by atoms with Gasteiger partial charge in [0.25, 0.3) is 0 Å². The molecule has 1 aromatic carbocycles. The van der Waals surface area contributed by atoms with E-state index in [1.807, 2.05) is 31.1 Å². The lowest BCUT2D eigenvalue weighted by Gasteiger charge is -2.32. The molecule has 1 fully saturated rings. The van der Waals surface area contributed by atoms with Gasteiger partial charge in [-0.05, 0) is 56.5 Å². The SMILES string of the molecule is CCC(=O)N[C@@H](Cc1nc2ccc(C(C)C)cc2s1)C(=O)N[C@H](CNC(=O)/C=C/CN(C)C)C1CCCCC1. The van der Waals surface area contributed by atoms with E-state index in [0.29, 0.717) is 31.8 Å². The van der Waals surface area contributed by atoms with Gasteiger partial charge in [0.15, 0.2) is 0 Å². The van der Waals surface area contributed by atoms with E-state index in [2.05, 4.69) is 41.9 Å². The number of fused-ring (bicyclic) bond motifs is 1. The average Bonchev–Trinajstić information content (AvgIpc) is 3.32. The van der Waals surface area contributed by atoms with Gasteiger partial charge in [-0.1, -0.05) is 52.2 Å². The first-order valence-corrected chi connectivity index (χ1v) is 15.1. The summed E-state index contributed by atoms with van der Waals surface area (Å²) in [5.41, 5.74) is 2.16. The molecule has 0 bridgehead atoms. The second-order valence-electron chi connectivity index (χ2n) is 11.1. The van der Waals surface area contributed by atoms with Crippen LogP contribution in [-0.4, -0.2) is 66.9 Å². The fraction of sp³-hybridized carbons (Fsp3) is 0.600. The molecule has 3 amide bonds. The minimum Gasteiger partial charge on any atom is -0.350 e. The first-order valence-electron chi connectivity index (χ1n) is 14.2. The molecule has 3 rings (SSSR count). The molecule has 0 saturated heterocycles. The van der Waals surface area contributed by atoms with Crippen molar-refractivity contribution in [2.75, 3.05) is 27.2 Å². The molecule has 1 saturated carbocycles. The summed E-state index contributed by atoms with van der Waals surface area (Å²) >= 11 is 1.57. The van der Waals surface area contributed by atoms with Gasteiger partial charge in [0.2, 0.25) is 17.7 Å². The van der Waals surface area contributed by atoms with E-state index < -0.39 is 6.04 Å². The van der Waals surface area contributed by atoms with Crippen LogP contribution in [0.1, 0.15) is 75.8 Å². The lowest BCUT2D eigenvalue weighted by atomic mass is 9.83. The second kappa shape index (κ2) is 15.1. The maximum atomic E-state index is 13.6. The Bertz CT molecular complexity index is 1140. The van der Waals surface area contributed by atoms with Gasteiger partial charge >= 0.3 is 0 Å². The van der Waals surface area contributed by atoms with E-state index in [1.54, 1.807) is 24.3 Å². The summed E-state index contributed by atoms with van der Waals surface area (Å²) in [4.78, 5) is 45.2. The van der Waals surface area contributed by atoms with Crippen LogP contribution in [0.15, 0.2) is 30.4 Å². The van der Waals surface area contributed by atoms with Crippen LogP contribution in [0.3, 0.4) is 0 Å². The molecule has 2 aromatic rings. The van der Waals surface area contributed by atoms with E-state index in [-0.39, 0.29) is 29.7 Å². The molecule has 1 aromatic heterocycles. The van der Waals surface area contributed by atoms with Gasteiger partial charge in [-0.3, -0.25) is 14.4 Å². The molecular formula is C30H45N5O3S. The van der Waals surface area contributed by atoms with E-state index in [1.165, 1.54) is 12.0 Å². The minimum absolute atomic E-state index is 0.169. The number of likely N-dealkylation sites (N-methyl/N-ethyl adjacent to an activating group) is 1. The molecule has 2 atom stereocenters. The van der Waals surface area contributed by atoms with E-state index in [9.17, 15) is 14.4 Å². The van der Waals surface area contributed by atoms with Gasteiger partial charge in [-0.2, -0.15) is 0 Å². The van der Waals surface area contributed by atoms with Crippen LogP contribution in [0.5, 0.6) is 0 Å². The number of nitrogens with one attached hydrogen (secondary N) is 3. The van der Waals surface area contributed by atoms with Gasteiger partial charge in [-0.25, -0.2) is 4.98 Å². The maximum Gasteiger partial charge on any atom is 0.243 e. The Morgan fingerprint density at radius 1 is 1.13 bits per heavy atom. The Balaban J connectivity index is 1.74. The van der Waals surface area contributed by atoms with Crippen LogP contribution in [0.2, 0.25) is 0 Å². The van der Waals surface area contributed by atoms with E-state index in [0.717, 1.165) is 40.9 Å². The van der Waals surface area contributed by atoms with Gasteiger partial charge in [-0.15, -0.1) is 11.3 Å². The highest BCUT2D eigenvalue weighted by Crippen LogP contribution is 2.28. The number of carbonyl (C=O) groups is 3. The molecule has 3 N–H and O–H groups in total. The lowest BCUT2D eigenvalue weighted by molar-refractivity contribution is -0.129. The minimum atomic E-state index is -0.732. The standard InChI is InChI=1S/C30H45N5O3S/c1-6-27(36)32-24(18-29-33-23-15-14-22(20(2)3)17-26(23)39-29)30(38)34-25(21-11-8-7-9-12-21)19-31-28(37)13-10-16-35(4)5/h10,13-15,17,20-21,24-25H,6-9,11-12,16,18-19H2,1-5H3,(H,31,37)(H,32,36)(H,34,38)/b13-10+/t24-,25+/m0/s1. The third-order valence-electron chi connectivity index (χ3n) is 7.26. The van der Waals surface area contributed by atoms with Crippen molar-refractivity contribution in [1.29, 1.82) is 0 Å². The number of nitrogens with zero attached hydrogens (tertiary/aromatic N) is 2. The summed E-state index contributed by atoms with van der Waals surface area (Å²) < 4.78 is 1.09. The number of thiazole rings is 1. The Hall–Kier alpha value is -2.78. The largest absolute Gasteiger partial charge is 0.350 e. The van der Waals surface area contributed by atoms with E-state index in [4.69, 9.17) is 4.98 Å². The Kier molecular flexibility index (Phi) is 11.9. The number of carbonyl (C=O) groups excluding carboxylic acids is 3. The summed E-state index contributed by atoms with van der Waals surface area (Å²) in [6.45, 7) is 7.14. The summed E-state index contributed by atoms with van der Waals surface area (Å²) in [5.74, 6) is 0.132. The van der Waals surface area contributed by atoms with E-state index >= 15 is 0 Å². The average molecular weight is 556 g/mol. The molecule has 0 spiro atoms. The molecule has 9 heteroatoms. The molecule has 8 nitrogen and oxygen atoms in total. The van der Waals surface area contributed by atoms with Gasteiger partial charge in [0.05, 0.1) is 15.2 Å². The van der Waals surface area contributed by atoms with Crippen LogP contribution >= 0.6 is 11.3 Å². The van der Waals surface area contributed by atoms with Gasteiger partial charge < -0.3 is 20.9 Å². The predicted molar refractivity (Wildman–Crippen MR) is 159 cm³/mol. The monoisotopic (exact) mass is 555 g/mol. The molecular weight excluding hydrogens is 510 g/mol. The van der Waals surface area contributed by atoms with Gasteiger partial charge in [0.1, 0.15) is 6.04 Å². The van der Waals surface area contributed by atoms with Crippen molar-refractivity contribution >= 4 is 39.3 Å². The van der Waals surface area contributed by atoms with Crippen LogP contribution < -0.4 is 16.0 Å². The predicted octanol–water partition coefficient (Wildman–Crippen LogP) is 4.16. The molecule has 1 heterocycles. The second-order valence-corrected chi connectivity index (χ2v) is 12.2. The maximum absolute atomic E-state index is 13.6. The molecule has 1 aliphatic rings. The molecule has 0 unspecified atom stereocenters. The number of rotatable bonds is 13. The first-order chi connectivity index (χ1) is 18.7. The van der Waals surface area contributed by atoms with Crippen molar-refractivity contribution in [2.24, 2.45) is 5.92 Å². The summed E-state index contributed by atoms with van der Waals surface area (Å²) in [6, 6.07) is 5.35. The lowest BCUT2D eigenvalue weighted by Crippen LogP contribution is -2.55. The van der Waals surface area contributed by atoms with Crippen molar-refractivity contribution in [1.82, 2.24) is 25.8 Å². The van der Waals surface area contributed by atoms with Crippen molar-refractivity contribution in [3.63, 3.8) is 0 Å². The number of hydrogen-bond donors (Lipinski definition) is 3. The van der Waals surface area contributed by atoms with Crippen LogP contribution in [0.4, 0.5) is 0 Å². The number of aromatic nitrogens is 1. The van der Waals surface area contributed by atoms with Crippen molar-refractivity contribution in [2.45, 2.75) is 83.7 Å². The Labute approximate surface area is 237 Å². The molecule has 214 valence electrons. The van der Waals surface area contributed by atoms with Crippen molar-refractivity contribution < 1.29 is 14.4 Å².